The third-order valence-electron chi connectivity index (χ3n) is 2.48. The molecule has 0 spiro atoms. The van der Waals surface area contributed by atoms with Crippen LogP contribution in [0.3, 0.4) is 0 Å². The quantitative estimate of drug-likeness (QED) is 0.810. The van der Waals surface area contributed by atoms with Crippen molar-refractivity contribution >= 4 is 33.3 Å². The van der Waals surface area contributed by atoms with Gasteiger partial charge in [-0.25, -0.2) is 0 Å². The number of Topliss-reactive ketones (excluding diaryl/α,β-unsaturated/α-hetero) is 1. The van der Waals surface area contributed by atoms with Crippen LogP contribution in [-0.4, -0.2) is 23.1 Å². The van der Waals surface area contributed by atoms with Crippen LogP contribution in [-0.2, 0) is 4.79 Å². The highest BCUT2D eigenvalue weighted by Crippen LogP contribution is 2.29. The molecule has 1 amide bonds. The van der Waals surface area contributed by atoms with Gasteiger partial charge in [-0.05, 0) is 18.2 Å². The van der Waals surface area contributed by atoms with Gasteiger partial charge >= 0.3 is 0 Å². The fraction of sp³-hybridized carbons (Fsp3) is 0.333. The molecule has 2 rings (SSSR count). The van der Waals surface area contributed by atoms with Gasteiger partial charge in [0.15, 0.2) is 5.78 Å². The Bertz CT molecular complexity index is 473. The average Bonchev–Trinajstić information content (AvgIpc) is 2.40. The summed E-state index contributed by atoms with van der Waals surface area (Å²) >= 11 is 3.33. The summed E-state index contributed by atoms with van der Waals surface area (Å²) < 4.78 is 5.49. The second-order valence-electron chi connectivity index (χ2n) is 3.86. The number of ketones is 1. The van der Waals surface area contributed by atoms with Gasteiger partial charge in [-0.3, -0.25) is 9.59 Å². The van der Waals surface area contributed by atoms with Gasteiger partial charge in [0.2, 0.25) is 5.91 Å². The van der Waals surface area contributed by atoms with Crippen molar-refractivity contribution in [2.75, 3.05) is 11.9 Å². The minimum atomic E-state index is -0.226. The molecule has 1 aliphatic heterocycles. The highest BCUT2D eigenvalue weighted by molar-refractivity contribution is 9.10. The van der Waals surface area contributed by atoms with Crippen molar-refractivity contribution < 1.29 is 14.3 Å². The van der Waals surface area contributed by atoms with Crippen LogP contribution in [0.4, 0.5) is 5.69 Å². The second-order valence-corrected chi connectivity index (χ2v) is 4.97. The van der Waals surface area contributed by atoms with Crippen LogP contribution >= 0.6 is 15.9 Å². The van der Waals surface area contributed by atoms with Gasteiger partial charge in [-0.15, -0.1) is 0 Å². The lowest BCUT2D eigenvalue weighted by atomic mass is 10.1. The number of alkyl halides is 1. The van der Waals surface area contributed by atoms with Gasteiger partial charge in [0.05, 0.1) is 17.0 Å². The van der Waals surface area contributed by atoms with Crippen molar-refractivity contribution in [3.05, 3.63) is 23.8 Å². The summed E-state index contributed by atoms with van der Waals surface area (Å²) in [5.41, 5.74) is 1.12. The number of benzene rings is 1. The zero-order valence-corrected chi connectivity index (χ0v) is 10.9. The summed E-state index contributed by atoms with van der Waals surface area (Å²) in [5.74, 6) is 0.401. The summed E-state index contributed by atoms with van der Waals surface area (Å²) in [6.07, 6.45) is 0.642. The molecular formula is C12H12BrNO3. The third-order valence-corrected chi connectivity index (χ3v) is 3.35. The summed E-state index contributed by atoms with van der Waals surface area (Å²) in [5, 5.41) is 2.65. The van der Waals surface area contributed by atoms with Crippen LogP contribution < -0.4 is 10.1 Å². The van der Waals surface area contributed by atoms with Crippen LogP contribution in [0.1, 0.15) is 23.7 Å². The molecule has 1 atom stereocenters. The molecule has 0 aromatic heterocycles. The summed E-state index contributed by atoms with van der Waals surface area (Å²) in [4.78, 5) is 22.8. The Labute approximate surface area is 107 Å². The minimum Gasteiger partial charge on any atom is -0.493 e. The first-order valence-corrected chi connectivity index (χ1v) is 6.22. The van der Waals surface area contributed by atoms with E-state index in [-0.39, 0.29) is 16.5 Å². The molecule has 0 fully saturated rings. The maximum absolute atomic E-state index is 12.0. The van der Waals surface area contributed by atoms with E-state index in [1.807, 2.05) is 0 Å². The molecule has 90 valence electrons. The number of rotatable bonds is 1. The molecule has 0 bridgehead atoms. The lowest BCUT2D eigenvalue weighted by Crippen LogP contribution is -2.13. The monoisotopic (exact) mass is 297 g/mol. The molecule has 1 aliphatic rings. The van der Waals surface area contributed by atoms with E-state index in [1.54, 1.807) is 18.2 Å². The number of carbonyl (C=O) groups excluding carboxylic acids is 2. The second kappa shape index (κ2) is 4.87. The van der Waals surface area contributed by atoms with Gasteiger partial charge in [0, 0.05) is 19.0 Å². The molecule has 1 unspecified atom stereocenters. The molecule has 1 N–H and O–H groups in total. The number of halogens is 1. The van der Waals surface area contributed by atoms with Gasteiger partial charge in [-0.2, -0.15) is 0 Å². The van der Waals surface area contributed by atoms with Crippen LogP contribution in [0.5, 0.6) is 5.75 Å². The molecule has 0 aliphatic carbocycles. The SMILES string of the molecule is CC(=O)Nc1ccc2c(c1)C(=O)C(Br)CCO2. The number of carbonyl (C=O) groups is 2. The Hall–Kier alpha value is -1.36. The van der Waals surface area contributed by atoms with E-state index >= 15 is 0 Å². The maximum Gasteiger partial charge on any atom is 0.221 e. The van der Waals surface area contributed by atoms with Crippen LogP contribution in [0, 0.1) is 0 Å². The fourth-order valence-corrected chi connectivity index (χ4v) is 2.14. The zero-order valence-electron chi connectivity index (χ0n) is 9.33. The summed E-state index contributed by atoms with van der Waals surface area (Å²) in [7, 11) is 0. The summed E-state index contributed by atoms with van der Waals surface area (Å²) in [6, 6.07) is 5.09. The summed E-state index contributed by atoms with van der Waals surface area (Å²) in [6.45, 7) is 1.94. The molecule has 1 heterocycles. The number of ether oxygens (including phenoxy) is 1. The maximum atomic E-state index is 12.0. The molecular weight excluding hydrogens is 286 g/mol. The molecule has 0 radical (unpaired) electrons. The molecule has 5 heteroatoms. The Kier molecular flexibility index (Phi) is 3.47. The van der Waals surface area contributed by atoms with E-state index < -0.39 is 0 Å². The molecule has 0 saturated carbocycles. The third kappa shape index (κ3) is 2.66. The number of fused-ring (bicyclic) bond motifs is 1. The first-order chi connectivity index (χ1) is 8.08. The van der Waals surface area contributed by atoms with Crippen molar-refractivity contribution in [2.45, 2.75) is 18.2 Å². The van der Waals surface area contributed by atoms with E-state index in [0.717, 1.165) is 0 Å². The highest BCUT2D eigenvalue weighted by Gasteiger charge is 2.24. The first kappa shape index (κ1) is 12.1. The number of hydrogen-bond acceptors (Lipinski definition) is 3. The lowest BCUT2D eigenvalue weighted by molar-refractivity contribution is -0.114. The van der Waals surface area contributed by atoms with E-state index in [1.165, 1.54) is 6.92 Å². The van der Waals surface area contributed by atoms with E-state index in [9.17, 15) is 9.59 Å². The zero-order chi connectivity index (χ0) is 12.4. The first-order valence-electron chi connectivity index (χ1n) is 5.30. The van der Waals surface area contributed by atoms with Crippen LogP contribution in [0.25, 0.3) is 0 Å². The molecule has 4 nitrogen and oxygen atoms in total. The molecule has 1 aromatic rings. The average molecular weight is 298 g/mol. The van der Waals surface area contributed by atoms with Crippen molar-refractivity contribution in [1.82, 2.24) is 0 Å². The molecule has 17 heavy (non-hydrogen) atoms. The molecule has 1 aromatic carbocycles. The van der Waals surface area contributed by atoms with Gasteiger partial charge in [-0.1, -0.05) is 15.9 Å². The Morgan fingerprint density at radius 2 is 2.29 bits per heavy atom. The van der Waals surface area contributed by atoms with Crippen LogP contribution in [0.2, 0.25) is 0 Å². The number of amides is 1. The predicted octanol–water partition coefficient (Wildman–Crippen LogP) is 2.37. The smallest absolute Gasteiger partial charge is 0.221 e. The Morgan fingerprint density at radius 3 is 3.00 bits per heavy atom. The van der Waals surface area contributed by atoms with Gasteiger partial charge < -0.3 is 10.1 Å². The highest BCUT2D eigenvalue weighted by atomic mass is 79.9. The van der Waals surface area contributed by atoms with Gasteiger partial charge in [0.25, 0.3) is 0 Å². The van der Waals surface area contributed by atoms with Crippen molar-refractivity contribution in [2.24, 2.45) is 0 Å². The standard InChI is InChI=1S/C12H12BrNO3/c1-7(15)14-8-2-3-11-9(6-8)12(16)10(13)4-5-17-11/h2-3,6,10H,4-5H2,1H3,(H,14,15). The number of hydrogen-bond donors (Lipinski definition) is 1. The largest absolute Gasteiger partial charge is 0.493 e. The van der Waals surface area contributed by atoms with E-state index in [4.69, 9.17) is 4.74 Å². The Morgan fingerprint density at radius 1 is 1.53 bits per heavy atom. The number of nitrogens with one attached hydrogen (secondary N) is 1. The van der Waals surface area contributed by atoms with Gasteiger partial charge in [0.1, 0.15) is 5.75 Å². The topological polar surface area (TPSA) is 55.4 Å². The predicted molar refractivity (Wildman–Crippen MR) is 67.9 cm³/mol. The Balaban J connectivity index is 2.38. The lowest BCUT2D eigenvalue weighted by Gasteiger charge is -2.09. The minimum absolute atomic E-state index is 0.00954. The normalized spacial score (nSPS) is 18.9. The van der Waals surface area contributed by atoms with Crippen molar-refractivity contribution in [1.29, 1.82) is 0 Å². The van der Waals surface area contributed by atoms with E-state index in [2.05, 4.69) is 21.2 Å². The van der Waals surface area contributed by atoms with Crippen molar-refractivity contribution in [3.63, 3.8) is 0 Å². The number of anilines is 1. The van der Waals surface area contributed by atoms with Crippen LogP contribution in [0.15, 0.2) is 18.2 Å². The molecule has 0 saturated heterocycles. The fourth-order valence-electron chi connectivity index (χ4n) is 1.70. The van der Waals surface area contributed by atoms with Crippen molar-refractivity contribution in [3.8, 4) is 5.75 Å². The van der Waals surface area contributed by atoms with E-state index in [0.29, 0.717) is 30.0 Å².